The molecule has 0 fully saturated rings. The molecule has 2 heteroatoms. The van der Waals surface area contributed by atoms with E-state index in [0.717, 1.165) is 17.2 Å². The number of hydrogen-bond acceptors (Lipinski definition) is 2. The lowest BCUT2D eigenvalue weighted by atomic mass is 10.3. The van der Waals surface area contributed by atoms with Crippen LogP contribution in [0.1, 0.15) is 6.92 Å². The predicted molar refractivity (Wildman–Crippen MR) is 63.0 cm³/mol. The van der Waals surface area contributed by atoms with Crippen molar-refractivity contribution in [1.82, 2.24) is 0 Å². The fraction of sp³-hybridized carbons (Fsp3) is 0.143. The maximum atomic E-state index is 5.62. The van der Waals surface area contributed by atoms with Crippen LogP contribution in [0.25, 0.3) is 0 Å². The maximum Gasteiger partial charge on any atom is 0.128 e. The summed E-state index contributed by atoms with van der Waals surface area (Å²) in [5.74, 6) is 2.43. The predicted octanol–water partition coefficient (Wildman–Crippen LogP) is 3.68. The van der Waals surface area contributed by atoms with E-state index in [1.54, 1.807) is 6.07 Å². The van der Waals surface area contributed by atoms with Gasteiger partial charge in [-0.15, -0.1) is 0 Å². The van der Waals surface area contributed by atoms with Crippen LogP contribution in [0.4, 0.5) is 0 Å². The summed E-state index contributed by atoms with van der Waals surface area (Å²) >= 11 is 0. The SMILES string of the molecule is CCOc1ccc(Oc2c[c]ccc2)cc1. The van der Waals surface area contributed by atoms with Gasteiger partial charge in [-0.3, -0.25) is 0 Å². The molecule has 0 N–H and O–H groups in total. The Kier molecular flexibility index (Phi) is 3.44. The maximum absolute atomic E-state index is 5.62. The van der Waals surface area contributed by atoms with Crippen molar-refractivity contribution in [3.05, 3.63) is 54.6 Å². The van der Waals surface area contributed by atoms with Crippen molar-refractivity contribution in [2.75, 3.05) is 6.61 Å². The van der Waals surface area contributed by atoms with Gasteiger partial charge in [-0.2, -0.15) is 0 Å². The Morgan fingerprint density at radius 3 is 2.38 bits per heavy atom. The van der Waals surface area contributed by atoms with Gasteiger partial charge in [0.05, 0.1) is 6.61 Å². The molecule has 2 aromatic carbocycles. The molecule has 0 heterocycles. The van der Waals surface area contributed by atoms with E-state index in [2.05, 4.69) is 6.07 Å². The van der Waals surface area contributed by atoms with Gasteiger partial charge in [0.1, 0.15) is 17.2 Å². The van der Waals surface area contributed by atoms with Crippen molar-refractivity contribution in [2.24, 2.45) is 0 Å². The van der Waals surface area contributed by atoms with Crippen molar-refractivity contribution in [3.8, 4) is 17.2 Å². The summed E-state index contributed by atoms with van der Waals surface area (Å²) in [5, 5.41) is 0. The molecule has 0 aliphatic rings. The standard InChI is InChI=1S/C14H13O2/c1-2-15-12-8-10-14(11-9-12)16-13-6-4-3-5-7-13/h3-4,6-11H,2H2,1H3. The normalized spacial score (nSPS) is 9.81. The van der Waals surface area contributed by atoms with Crippen LogP contribution in [-0.4, -0.2) is 6.61 Å². The molecule has 2 aromatic rings. The van der Waals surface area contributed by atoms with Gasteiger partial charge in [0.15, 0.2) is 0 Å². The number of ether oxygens (including phenoxy) is 2. The molecule has 0 saturated heterocycles. The molecule has 1 radical (unpaired) electrons. The van der Waals surface area contributed by atoms with Gasteiger partial charge >= 0.3 is 0 Å². The first kappa shape index (κ1) is 10.6. The van der Waals surface area contributed by atoms with Gasteiger partial charge in [-0.1, -0.05) is 12.1 Å². The van der Waals surface area contributed by atoms with E-state index in [4.69, 9.17) is 9.47 Å². The highest BCUT2D eigenvalue weighted by Crippen LogP contribution is 2.23. The first-order valence-electron chi connectivity index (χ1n) is 5.25. The third kappa shape index (κ3) is 2.76. The van der Waals surface area contributed by atoms with Gasteiger partial charge in [0.25, 0.3) is 0 Å². The first-order valence-corrected chi connectivity index (χ1v) is 5.25. The van der Waals surface area contributed by atoms with E-state index in [1.165, 1.54) is 0 Å². The van der Waals surface area contributed by atoms with Crippen LogP contribution in [0.3, 0.4) is 0 Å². The minimum atomic E-state index is 0.674. The second kappa shape index (κ2) is 5.21. The highest BCUT2D eigenvalue weighted by atomic mass is 16.5. The van der Waals surface area contributed by atoms with Gasteiger partial charge in [-0.05, 0) is 49.4 Å². The van der Waals surface area contributed by atoms with Crippen molar-refractivity contribution in [1.29, 1.82) is 0 Å². The van der Waals surface area contributed by atoms with Crippen molar-refractivity contribution in [2.45, 2.75) is 6.92 Å². The lowest BCUT2D eigenvalue weighted by Crippen LogP contribution is -1.90. The zero-order valence-corrected chi connectivity index (χ0v) is 9.14. The third-order valence-electron chi connectivity index (χ3n) is 2.05. The first-order chi connectivity index (χ1) is 7.88. The highest BCUT2D eigenvalue weighted by Gasteiger charge is 1.97. The second-order valence-electron chi connectivity index (χ2n) is 3.25. The largest absolute Gasteiger partial charge is 0.494 e. The van der Waals surface area contributed by atoms with Gasteiger partial charge < -0.3 is 9.47 Å². The summed E-state index contributed by atoms with van der Waals surface area (Å²) in [4.78, 5) is 0. The van der Waals surface area contributed by atoms with Crippen LogP contribution in [0.15, 0.2) is 48.5 Å². The topological polar surface area (TPSA) is 18.5 Å². The average Bonchev–Trinajstić information content (AvgIpc) is 2.33. The highest BCUT2D eigenvalue weighted by molar-refractivity contribution is 5.35. The Hall–Kier alpha value is -1.96. The molecule has 0 spiro atoms. The van der Waals surface area contributed by atoms with Crippen molar-refractivity contribution < 1.29 is 9.47 Å². The van der Waals surface area contributed by atoms with E-state index in [0.29, 0.717) is 6.61 Å². The van der Waals surface area contributed by atoms with E-state index >= 15 is 0 Å². The van der Waals surface area contributed by atoms with Crippen LogP contribution < -0.4 is 9.47 Å². The van der Waals surface area contributed by atoms with Crippen LogP contribution >= 0.6 is 0 Å². The average molecular weight is 213 g/mol. The molecular weight excluding hydrogens is 200 g/mol. The second-order valence-corrected chi connectivity index (χ2v) is 3.25. The molecule has 0 aromatic heterocycles. The quantitative estimate of drug-likeness (QED) is 0.771. The molecule has 0 aliphatic heterocycles. The van der Waals surface area contributed by atoms with E-state index in [1.807, 2.05) is 49.4 Å². The Morgan fingerprint density at radius 2 is 1.75 bits per heavy atom. The summed E-state index contributed by atoms with van der Waals surface area (Å²) in [7, 11) is 0. The van der Waals surface area contributed by atoms with E-state index < -0.39 is 0 Å². The Balaban J connectivity index is 2.05. The monoisotopic (exact) mass is 213 g/mol. The molecule has 2 rings (SSSR count). The summed E-state index contributed by atoms with van der Waals surface area (Å²) in [6, 6.07) is 18.0. The Labute approximate surface area is 95.4 Å². The third-order valence-corrected chi connectivity index (χ3v) is 2.05. The molecule has 0 amide bonds. The van der Waals surface area contributed by atoms with Gasteiger partial charge in [-0.25, -0.2) is 0 Å². The van der Waals surface area contributed by atoms with Gasteiger partial charge in [0.2, 0.25) is 0 Å². The molecule has 81 valence electrons. The zero-order chi connectivity index (χ0) is 11.2. The van der Waals surface area contributed by atoms with Crippen LogP contribution in [0.2, 0.25) is 0 Å². The molecule has 0 aliphatic carbocycles. The molecule has 2 nitrogen and oxygen atoms in total. The smallest absolute Gasteiger partial charge is 0.128 e. The number of benzene rings is 2. The molecule has 0 atom stereocenters. The minimum Gasteiger partial charge on any atom is -0.494 e. The fourth-order valence-corrected chi connectivity index (χ4v) is 1.35. The molecule has 16 heavy (non-hydrogen) atoms. The Morgan fingerprint density at radius 1 is 1.00 bits per heavy atom. The summed E-state index contributed by atoms with van der Waals surface area (Å²) in [6.07, 6.45) is 0. The van der Waals surface area contributed by atoms with Gasteiger partial charge in [0, 0.05) is 0 Å². The summed E-state index contributed by atoms with van der Waals surface area (Å²) in [6.45, 7) is 2.64. The zero-order valence-electron chi connectivity index (χ0n) is 9.14. The number of hydrogen-bond donors (Lipinski definition) is 0. The summed E-state index contributed by atoms with van der Waals surface area (Å²) in [5.41, 5.74) is 0. The minimum absolute atomic E-state index is 0.674. The molecule has 0 unspecified atom stereocenters. The lowest BCUT2D eigenvalue weighted by Gasteiger charge is -2.06. The van der Waals surface area contributed by atoms with E-state index in [9.17, 15) is 0 Å². The molecule has 0 bridgehead atoms. The van der Waals surface area contributed by atoms with Crippen LogP contribution in [0.5, 0.6) is 17.2 Å². The van der Waals surface area contributed by atoms with E-state index in [-0.39, 0.29) is 0 Å². The summed E-state index contributed by atoms with van der Waals surface area (Å²) < 4.78 is 11.0. The lowest BCUT2D eigenvalue weighted by molar-refractivity contribution is 0.339. The fourth-order valence-electron chi connectivity index (χ4n) is 1.35. The van der Waals surface area contributed by atoms with Crippen molar-refractivity contribution >= 4 is 0 Å². The molecular formula is C14H13O2. The molecule has 0 saturated carbocycles. The van der Waals surface area contributed by atoms with Crippen molar-refractivity contribution in [3.63, 3.8) is 0 Å². The van der Waals surface area contributed by atoms with Crippen LogP contribution in [-0.2, 0) is 0 Å². The van der Waals surface area contributed by atoms with Crippen LogP contribution in [0, 0.1) is 6.07 Å². The Bertz CT molecular complexity index is 420. The number of rotatable bonds is 4.